The number of nitrogens with zero attached hydrogens (tertiary/aromatic N) is 1. The molecule has 2 heteroatoms. The van der Waals surface area contributed by atoms with E-state index in [1.54, 1.807) is 12.1 Å². The van der Waals surface area contributed by atoms with Crippen LogP contribution in [0.15, 0.2) is 66.9 Å². The Kier molecular flexibility index (Phi) is 2.44. The van der Waals surface area contributed by atoms with Crippen molar-refractivity contribution in [2.45, 2.75) is 19.6 Å². The summed E-state index contributed by atoms with van der Waals surface area (Å²) in [7, 11) is 0. The minimum Gasteiger partial charge on any atom is -0.255 e. The molecule has 0 saturated heterocycles. The molecule has 0 bridgehead atoms. The molecule has 110 valence electrons. The third-order valence-corrected chi connectivity index (χ3v) is 3.34. The van der Waals surface area contributed by atoms with Crippen molar-refractivity contribution >= 4 is 0 Å². The second kappa shape index (κ2) is 6.52. The van der Waals surface area contributed by atoms with Gasteiger partial charge in [0.05, 0.1) is 5.69 Å². The van der Waals surface area contributed by atoms with Crippen LogP contribution in [0.25, 0.3) is 22.4 Å². The highest BCUT2D eigenvalue weighted by atomic mass is 19.1. The average molecular weight is 298 g/mol. The summed E-state index contributed by atoms with van der Waals surface area (Å²) in [5.41, 5.74) is 0.945. The third kappa shape index (κ3) is 2.77. The Labute approximate surface area is 140 Å². The van der Waals surface area contributed by atoms with Gasteiger partial charge in [-0.3, -0.25) is 4.98 Å². The molecule has 1 heterocycles. The number of hydrogen-bond donors (Lipinski definition) is 0. The Morgan fingerprint density at radius 2 is 1.82 bits per heavy atom. The molecule has 0 fully saturated rings. The topological polar surface area (TPSA) is 12.9 Å². The van der Waals surface area contributed by atoms with Gasteiger partial charge in [-0.1, -0.05) is 61.8 Å². The predicted molar refractivity (Wildman–Crippen MR) is 89.1 cm³/mol. The fraction of sp³-hybridized carbons (Fsp3) is 0.150. The minimum absolute atomic E-state index is 0.0350. The van der Waals surface area contributed by atoms with Gasteiger partial charge in [-0.15, -0.1) is 0 Å². The third-order valence-electron chi connectivity index (χ3n) is 3.34. The summed E-state index contributed by atoms with van der Waals surface area (Å²) in [6.45, 7) is -3.28. The van der Waals surface area contributed by atoms with Gasteiger partial charge in [-0.05, 0) is 29.6 Å². The van der Waals surface area contributed by atoms with Crippen LogP contribution in [0.2, 0.25) is 0 Å². The predicted octanol–water partition coefficient (Wildman–Crippen LogP) is 5.51. The van der Waals surface area contributed by atoms with E-state index in [2.05, 4.69) is 4.98 Å². The fourth-order valence-electron chi connectivity index (χ4n) is 2.35. The van der Waals surface area contributed by atoms with E-state index in [0.29, 0.717) is 5.56 Å². The first kappa shape index (κ1) is 8.23. The lowest BCUT2D eigenvalue weighted by atomic mass is 9.97. The quantitative estimate of drug-likeness (QED) is 0.619. The highest BCUT2D eigenvalue weighted by Gasteiger charge is 2.14. The van der Waals surface area contributed by atoms with Crippen molar-refractivity contribution in [3.05, 3.63) is 78.2 Å². The maximum Gasteiger partial charge on any atom is 0.135 e. The Bertz CT molecular complexity index is 1020. The Balaban J connectivity index is 2.20. The van der Waals surface area contributed by atoms with Crippen molar-refractivity contribution in [3.63, 3.8) is 0 Å². The molecule has 22 heavy (non-hydrogen) atoms. The molecule has 0 aliphatic carbocycles. The lowest BCUT2D eigenvalue weighted by molar-refractivity contribution is 0.610. The van der Waals surface area contributed by atoms with Crippen LogP contribution < -0.4 is 0 Å². The highest BCUT2D eigenvalue weighted by molar-refractivity contribution is 5.81. The number of pyridine rings is 1. The standard InChI is InChI=1S/C20H18FN/c1-2-8-16-11-6-12-18(19(16)21)20-17(13-7-14-22-20)15-9-4-3-5-10-15/h3-7,9-14H,2,8H2,1H3/i1D3,2D2,8D2. The van der Waals surface area contributed by atoms with E-state index in [4.69, 9.17) is 9.60 Å². The molecule has 0 unspecified atom stereocenters. The van der Waals surface area contributed by atoms with Crippen molar-refractivity contribution in [2.24, 2.45) is 0 Å². The first-order valence-electron chi connectivity index (χ1n) is 10.3. The summed E-state index contributed by atoms with van der Waals surface area (Å²) in [4.78, 5) is 4.25. The van der Waals surface area contributed by atoms with Crippen LogP contribution in [-0.4, -0.2) is 4.98 Å². The fourth-order valence-corrected chi connectivity index (χ4v) is 2.35. The van der Waals surface area contributed by atoms with Crippen molar-refractivity contribution in [1.82, 2.24) is 4.98 Å². The van der Waals surface area contributed by atoms with Crippen LogP contribution in [0.3, 0.4) is 0 Å². The summed E-state index contributed by atoms with van der Waals surface area (Å²) >= 11 is 0. The van der Waals surface area contributed by atoms with Crippen molar-refractivity contribution in [3.8, 4) is 22.4 Å². The Hall–Kier alpha value is -2.48. The summed E-state index contributed by atoms with van der Waals surface area (Å²) in [6, 6.07) is 16.4. The summed E-state index contributed by atoms with van der Waals surface area (Å²) in [6.07, 6.45) is -4.92. The van der Waals surface area contributed by atoms with E-state index in [1.165, 1.54) is 18.3 Å². The molecule has 0 radical (unpaired) electrons. The Morgan fingerprint density at radius 3 is 2.64 bits per heavy atom. The number of rotatable bonds is 4. The van der Waals surface area contributed by atoms with E-state index in [9.17, 15) is 0 Å². The maximum absolute atomic E-state index is 15.4. The molecule has 0 atom stereocenters. The summed E-state index contributed by atoms with van der Waals surface area (Å²) in [5, 5.41) is 0. The lowest BCUT2D eigenvalue weighted by Gasteiger charge is -2.11. The van der Waals surface area contributed by atoms with Gasteiger partial charge >= 0.3 is 0 Å². The molecule has 3 rings (SSSR count). The first-order valence-corrected chi connectivity index (χ1v) is 6.78. The zero-order valence-corrected chi connectivity index (χ0v) is 11.7. The number of hydrogen-bond acceptors (Lipinski definition) is 1. The number of benzene rings is 2. The molecule has 1 aromatic heterocycles. The smallest absolute Gasteiger partial charge is 0.135 e. The van der Waals surface area contributed by atoms with E-state index in [1.807, 2.05) is 30.3 Å². The molecular weight excluding hydrogens is 273 g/mol. The van der Waals surface area contributed by atoms with E-state index in [0.717, 1.165) is 11.6 Å². The molecule has 1 nitrogen and oxygen atoms in total. The monoisotopic (exact) mass is 298 g/mol. The van der Waals surface area contributed by atoms with Crippen molar-refractivity contribution in [1.29, 1.82) is 0 Å². The van der Waals surface area contributed by atoms with Crippen LogP contribution >= 0.6 is 0 Å². The second-order valence-corrected chi connectivity index (χ2v) is 4.68. The van der Waals surface area contributed by atoms with Crippen molar-refractivity contribution < 1.29 is 14.0 Å². The van der Waals surface area contributed by atoms with Gasteiger partial charge in [0.25, 0.3) is 0 Å². The van der Waals surface area contributed by atoms with Gasteiger partial charge in [0.2, 0.25) is 0 Å². The lowest BCUT2D eigenvalue weighted by Crippen LogP contribution is -1.96. The number of aryl methyl sites for hydroxylation is 1. The molecule has 0 spiro atoms. The van der Waals surface area contributed by atoms with Crippen LogP contribution in [0, 0.1) is 5.82 Å². The van der Waals surface area contributed by atoms with Crippen molar-refractivity contribution in [2.75, 3.05) is 0 Å². The molecule has 0 aliphatic rings. The molecule has 0 amide bonds. The Morgan fingerprint density at radius 1 is 1.00 bits per heavy atom. The minimum atomic E-state index is -3.30. The average Bonchev–Trinajstić information content (AvgIpc) is 2.68. The van der Waals surface area contributed by atoms with Crippen LogP contribution in [-0.2, 0) is 6.37 Å². The normalized spacial score (nSPS) is 17.2. The SMILES string of the molecule is [2H]C([2H])([2H])C([2H])([2H])C([2H])([2H])c1cccc(-c2ncccc2-c2ccccc2)c1F. The molecular formula is C20H18FN. The van der Waals surface area contributed by atoms with Crippen LogP contribution in [0.1, 0.15) is 28.4 Å². The van der Waals surface area contributed by atoms with Gasteiger partial charge in [0, 0.05) is 26.9 Å². The number of aromatic nitrogens is 1. The zero-order valence-electron chi connectivity index (χ0n) is 18.7. The van der Waals surface area contributed by atoms with Gasteiger partial charge in [0.15, 0.2) is 0 Å². The van der Waals surface area contributed by atoms with Gasteiger partial charge in [-0.25, -0.2) is 4.39 Å². The maximum atomic E-state index is 15.4. The zero-order chi connectivity index (χ0) is 21.4. The second-order valence-electron chi connectivity index (χ2n) is 4.68. The molecule has 2 aromatic carbocycles. The van der Waals surface area contributed by atoms with Crippen LogP contribution in [0.5, 0.6) is 0 Å². The van der Waals surface area contributed by atoms with E-state index >= 15 is 4.39 Å². The first-order chi connectivity index (χ1) is 13.5. The number of halogens is 1. The van der Waals surface area contributed by atoms with Gasteiger partial charge in [-0.2, -0.15) is 0 Å². The van der Waals surface area contributed by atoms with Crippen LogP contribution in [0.4, 0.5) is 4.39 Å². The molecule has 3 aromatic rings. The molecule has 0 saturated carbocycles. The molecule has 0 aliphatic heterocycles. The van der Waals surface area contributed by atoms with Gasteiger partial charge < -0.3 is 0 Å². The van der Waals surface area contributed by atoms with E-state index < -0.39 is 31.0 Å². The molecule has 0 N–H and O–H groups in total. The highest BCUT2D eigenvalue weighted by Crippen LogP contribution is 2.32. The van der Waals surface area contributed by atoms with E-state index in [-0.39, 0.29) is 11.3 Å². The largest absolute Gasteiger partial charge is 0.255 e. The van der Waals surface area contributed by atoms with Gasteiger partial charge in [0.1, 0.15) is 5.82 Å². The summed E-state index contributed by atoms with van der Waals surface area (Å²) < 4.78 is 69.4. The summed E-state index contributed by atoms with van der Waals surface area (Å²) in [5.74, 6) is -1.04.